The first-order valence-corrected chi connectivity index (χ1v) is 4.95. The standard InChI is InChI=1S/C10H20O2.Pb.2H/c1-3-5-7-9(10(11)12)8-6-4-2;;;/h9H,3-8H2,1-2H3,(H,11,12);;;. The first-order chi connectivity index (χ1) is 5.72. The van der Waals surface area contributed by atoms with E-state index in [9.17, 15) is 4.79 Å². The van der Waals surface area contributed by atoms with E-state index in [1.807, 2.05) is 0 Å². The molecule has 0 spiro atoms. The van der Waals surface area contributed by atoms with E-state index >= 15 is 0 Å². The van der Waals surface area contributed by atoms with Crippen LogP contribution in [0.1, 0.15) is 52.4 Å². The number of hydrogen-bond donors (Lipinski definition) is 1. The molecule has 0 bridgehead atoms. The van der Waals surface area contributed by atoms with Crippen LogP contribution in [-0.4, -0.2) is 38.4 Å². The van der Waals surface area contributed by atoms with E-state index < -0.39 is 5.97 Å². The molecule has 2 nitrogen and oxygen atoms in total. The molecule has 0 aliphatic heterocycles. The summed E-state index contributed by atoms with van der Waals surface area (Å²) < 4.78 is 0. The van der Waals surface area contributed by atoms with Gasteiger partial charge in [0.25, 0.3) is 0 Å². The number of carbonyl (C=O) groups is 1. The van der Waals surface area contributed by atoms with E-state index in [2.05, 4.69) is 13.8 Å². The quantitative estimate of drug-likeness (QED) is 0.686. The second-order valence-corrected chi connectivity index (χ2v) is 3.32. The zero-order chi connectivity index (χ0) is 9.40. The van der Waals surface area contributed by atoms with Gasteiger partial charge in [-0.3, -0.25) is 4.79 Å². The van der Waals surface area contributed by atoms with Gasteiger partial charge in [0.05, 0.1) is 5.92 Å². The van der Waals surface area contributed by atoms with Crippen molar-refractivity contribution < 1.29 is 9.90 Å². The van der Waals surface area contributed by atoms with Crippen molar-refractivity contribution >= 4 is 33.3 Å². The molecule has 0 aromatic rings. The Bertz CT molecular complexity index is 118. The summed E-state index contributed by atoms with van der Waals surface area (Å²) >= 11 is 0. The van der Waals surface area contributed by atoms with Crippen molar-refractivity contribution in [3.8, 4) is 0 Å². The summed E-state index contributed by atoms with van der Waals surface area (Å²) in [6, 6.07) is 0. The van der Waals surface area contributed by atoms with Gasteiger partial charge in [-0.1, -0.05) is 39.5 Å². The molecule has 0 aromatic heterocycles. The molecule has 0 atom stereocenters. The predicted molar refractivity (Wildman–Crippen MR) is 58.7 cm³/mol. The number of unbranched alkanes of at least 4 members (excludes halogenated alkanes) is 2. The van der Waals surface area contributed by atoms with Gasteiger partial charge in [0.1, 0.15) is 0 Å². The number of hydrogen-bond acceptors (Lipinski definition) is 1. The van der Waals surface area contributed by atoms with Gasteiger partial charge in [-0.2, -0.15) is 0 Å². The molecule has 0 aromatic carbocycles. The monoisotopic (exact) mass is 382 g/mol. The minimum atomic E-state index is -0.614. The minimum absolute atomic E-state index is 0. The fourth-order valence-corrected chi connectivity index (χ4v) is 1.29. The van der Waals surface area contributed by atoms with Gasteiger partial charge in [-0.25, -0.2) is 0 Å². The number of rotatable bonds is 7. The van der Waals surface area contributed by atoms with Crippen LogP contribution in [0.2, 0.25) is 0 Å². The molecule has 0 rings (SSSR count). The van der Waals surface area contributed by atoms with E-state index in [0.29, 0.717) is 0 Å². The SMILES string of the molecule is CCCCC(CCCC)C(=O)O.[PbH2]. The Morgan fingerprint density at radius 2 is 1.54 bits per heavy atom. The summed E-state index contributed by atoms with van der Waals surface area (Å²) in [7, 11) is 0. The third-order valence-electron chi connectivity index (χ3n) is 2.16. The Hall–Kier alpha value is 0.392. The van der Waals surface area contributed by atoms with Gasteiger partial charge in [-0.15, -0.1) is 0 Å². The van der Waals surface area contributed by atoms with Crippen molar-refractivity contribution in [1.29, 1.82) is 0 Å². The molecule has 3 heteroatoms. The molecule has 0 heterocycles. The Morgan fingerprint density at radius 3 is 1.77 bits per heavy atom. The third-order valence-corrected chi connectivity index (χ3v) is 2.16. The van der Waals surface area contributed by atoms with Crippen LogP contribution in [0.15, 0.2) is 0 Å². The first-order valence-electron chi connectivity index (χ1n) is 4.95. The van der Waals surface area contributed by atoms with Gasteiger partial charge in [0.2, 0.25) is 0 Å². The Balaban J connectivity index is 0. The van der Waals surface area contributed by atoms with Crippen LogP contribution in [0.25, 0.3) is 0 Å². The fraction of sp³-hybridized carbons (Fsp3) is 0.900. The predicted octanol–water partition coefficient (Wildman–Crippen LogP) is 2.15. The Morgan fingerprint density at radius 1 is 1.15 bits per heavy atom. The number of carboxylic acids is 1. The molecule has 78 valence electrons. The summed E-state index contributed by atoms with van der Waals surface area (Å²) in [6.45, 7) is 4.19. The zero-order valence-corrected chi connectivity index (χ0v) is 14.4. The number of carboxylic acid groups (broad SMARTS) is 1. The molecule has 0 aliphatic carbocycles. The van der Waals surface area contributed by atoms with Gasteiger partial charge in [0.15, 0.2) is 0 Å². The van der Waals surface area contributed by atoms with Crippen LogP contribution >= 0.6 is 0 Å². The van der Waals surface area contributed by atoms with Crippen LogP contribution in [-0.2, 0) is 4.79 Å². The van der Waals surface area contributed by atoms with E-state index in [0.717, 1.165) is 38.5 Å². The topological polar surface area (TPSA) is 37.3 Å². The Kier molecular flexibility index (Phi) is 12.8. The normalized spacial score (nSPS) is 9.77. The van der Waals surface area contributed by atoms with Gasteiger partial charge in [-0.05, 0) is 12.8 Å². The van der Waals surface area contributed by atoms with E-state index in [1.54, 1.807) is 0 Å². The van der Waals surface area contributed by atoms with Crippen molar-refractivity contribution in [3.63, 3.8) is 0 Å². The summed E-state index contributed by atoms with van der Waals surface area (Å²) in [5.41, 5.74) is 0. The van der Waals surface area contributed by atoms with Gasteiger partial charge >= 0.3 is 33.3 Å². The molecule has 0 unspecified atom stereocenters. The molecule has 1 N–H and O–H groups in total. The summed E-state index contributed by atoms with van der Waals surface area (Å²) in [4.78, 5) is 10.7. The van der Waals surface area contributed by atoms with E-state index in [1.165, 1.54) is 0 Å². The van der Waals surface area contributed by atoms with Crippen molar-refractivity contribution in [2.24, 2.45) is 5.92 Å². The molecular weight excluding hydrogens is 359 g/mol. The van der Waals surface area contributed by atoms with Crippen molar-refractivity contribution in [2.45, 2.75) is 52.4 Å². The van der Waals surface area contributed by atoms with E-state index in [4.69, 9.17) is 5.11 Å². The average Bonchev–Trinajstić information content (AvgIpc) is 2.04. The van der Waals surface area contributed by atoms with Crippen molar-refractivity contribution in [3.05, 3.63) is 0 Å². The van der Waals surface area contributed by atoms with Gasteiger partial charge < -0.3 is 5.11 Å². The molecule has 0 aliphatic rings. The zero-order valence-electron chi connectivity index (χ0n) is 8.88. The molecule has 0 amide bonds. The first kappa shape index (κ1) is 15.8. The van der Waals surface area contributed by atoms with Gasteiger partial charge in [0, 0.05) is 0 Å². The van der Waals surface area contributed by atoms with Crippen molar-refractivity contribution in [2.75, 3.05) is 0 Å². The molecule has 0 saturated carbocycles. The van der Waals surface area contributed by atoms with Crippen LogP contribution in [0.5, 0.6) is 0 Å². The fourth-order valence-electron chi connectivity index (χ4n) is 1.29. The van der Waals surface area contributed by atoms with Crippen LogP contribution in [0.4, 0.5) is 0 Å². The second-order valence-electron chi connectivity index (χ2n) is 3.32. The Labute approximate surface area is 101 Å². The molecule has 0 fully saturated rings. The summed E-state index contributed by atoms with van der Waals surface area (Å²) in [6.07, 6.45) is 5.98. The van der Waals surface area contributed by atoms with Crippen molar-refractivity contribution in [1.82, 2.24) is 0 Å². The molecule has 13 heavy (non-hydrogen) atoms. The van der Waals surface area contributed by atoms with Crippen LogP contribution in [0, 0.1) is 5.92 Å². The molecule has 0 saturated heterocycles. The summed E-state index contributed by atoms with van der Waals surface area (Å²) in [5, 5.41) is 8.83. The number of aliphatic carboxylic acids is 1. The third kappa shape index (κ3) is 8.71. The summed E-state index contributed by atoms with van der Waals surface area (Å²) in [5.74, 6) is -0.707. The molecular formula is C10H22O2Pb. The maximum atomic E-state index is 10.7. The van der Waals surface area contributed by atoms with E-state index in [-0.39, 0.29) is 33.2 Å². The van der Waals surface area contributed by atoms with Crippen LogP contribution in [0.3, 0.4) is 0 Å². The average molecular weight is 381 g/mol. The van der Waals surface area contributed by atoms with Crippen LogP contribution < -0.4 is 0 Å². The molecule has 2 radical (unpaired) electrons. The maximum absolute atomic E-state index is 10.7. The second kappa shape index (κ2) is 10.5.